The van der Waals surface area contributed by atoms with Gasteiger partial charge in [-0.15, -0.1) is 0 Å². The van der Waals surface area contributed by atoms with Gasteiger partial charge in [0, 0.05) is 24.7 Å². The summed E-state index contributed by atoms with van der Waals surface area (Å²) in [6.07, 6.45) is 3.79. The molecule has 0 aromatic carbocycles. The third-order valence-electron chi connectivity index (χ3n) is 3.36. The van der Waals surface area contributed by atoms with E-state index in [1.807, 2.05) is 0 Å². The Balaban J connectivity index is 2.00. The average Bonchev–Trinajstić information content (AvgIpc) is 3.15. The monoisotopic (exact) mass is 322 g/mol. The van der Waals surface area contributed by atoms with Crippen molar-refractivity contribution in [3.8, 4) is 0 Å². The van der Waals surface area contributed by atoms with Gasteiger partial charge in [0.25, 0.3) is 0 Å². The summed E-state index contributed by atoms with van der Waals surface area (Å²) in [4.78, 5) is 52.9. The van der Waals surface area contributed by atoms with Crippen molar-refractivity contribution >= 4 is 23.6 Å². The molecule has 1 fully saturated rings. The first kappa shape index (κ1) is 16.5. The zero-order chi connectivity index (χ0) is 16.8. The first-order valence-corrected chi connectivity index (χ1v) is 7.08. The molecule has 0 bridgehead atoms. The fraction of sp³-hybridized carbons (Fsp3) is 0.462. The van der Waals surface area contributed by atoms with Crippen LogP contribution in [0, 0.1) is 0 Å². The highest BCUT2D eigenvalue weighted by Crippen LogP contribution is 2.07. The zero-order valence-electron chi connectivity index (χ0n) is 12.3. The third kappa shape index (κ3) is 4.80. The number of hydrogen-bond donors (Lipinski definition) is 5. The van der Waals surface area contributed by atoms with Crippen LogP contribution in [-0.4, -0.2) is 52.2 Å². The predicted molar refractivity (Wildman–Crippen MR) is 77.6 cm³/mol. The van der Waals surface area contributed by atoms with Crippen LogP contribution in [0.3, 0.4) is 0 Å². The Hall–Kier alpha value is -2.91. The molecule has 2 rings (SSSR count). The summed E-state index contributed by atoms with van der Waals surface area (Å²) in [5.41, 5.74) is 5.63. The maximum Gasteiger partial charge on any atom is 0.243 e. The molecule has 1 saturated heterocycles. The number of H-pyrrole nitrogens is 1. The number of nitrogens with zero attached hydrogens (tertiary/aromatic N) is 1. The molecule has 1 aromatic heterocycles. The summed E-state index contributed by atoms with van der Waals surface area (Å²) in [6.45, 7) is -0.325. The number of nitrogens with one attached hydrogen (secondary N) is 4. The van der Waals surface area contributed by atoms with Crippen molar-refractivity contribution in [3.63, 3.8) is 0 Å². The number of rotatable bonds is 7. The molecule has 10 heteroatoms. The van der Waals surface area contributed by atoms with Crippen LogP contribution in [0.4, 0.5) is 0 Å². The van der Waals surface area contributed by atoms with E-state index in [0.29, 0.717) is 12.1 Å². The molecule has 23 heavy (non-hydrogen) atoms. The van der Waals surface area contributed by atoms with Gasteiger partial charge < -0.3 is 26.7 Å². The van der Waals surface area contributed by atoms with Crippen LogP contribution in [0.15, 0.2) is 12.5 Å². The molecule has 6 N–H and O–H groups in total. The minimum Gasteiger partial charge on any atom is -0.368 e. The van der Waals surface area contributed by atoms with Gasteiger partial charge in [-0.3, -0.25) is 19.2 Å². The molecule has 0 saturated carbocycles. The Morgan fingerprint density at radius 3 is 2.78 bits per heavy atom. The van der Waals surface area contributed by atoms with Crippen LogP contribution < -0.4 is 21.7 Å². The van der Waals surface area contributed by atoms with Gasteiger partial charge >= 0.3 is 0 Å². The van der Waals surface area contributed by atoms with Crippen molar-refractivity contribution in [1.82, 2.24) is 25.9 Å². The zero-order valence-corrected chi connectivity index (χ0v) is 12.3. The second kappa shape index (κ2) is 7.38. The van der Waals surface area contributed by atoms with Crippen LogP contribution >= 0.6 is 0 Å². The molecule has 10 nitrogen and oxygen atoms in total. The second-order valence-corrected chi connectivity index (χ2v) is 5.19. The van der Waals surface area contributed by atoms with Crippen LogP contribution in [-0.2, 0) is 25.6 Å². The topological polar surface area (TPSA) is 159 Å². The van der Waals surface area contributed by atoms with E-state index in [0.717, 1.165) is 0 Å². The van der Waals surface area contributed by atoms with Gasteiger partial charge in [-0.25, -0.2) is 4.98 Å². The normalized spacial score (nSPS) is 18.1. The molecule has 2 heterocycles. The van der Waals surface area contributed by atoms with Gasteiger partial charge in [-0.2, -0.15) is 0 Å². The summed E-state index contributed by atoms with van der Waals surface area (Å²) in [6, 6.07) is -1.57. The minimum atomic E-state index is -0.917. The van der Waals surface area contributed by atoms with Crippen LogP contribution in [0.2, 0.25) is 0 Å². The average molecular weight is 322 g/mol. The summed E-state index contributed by atoms with van der Waals surface area (Å²) < 4.78 is 0. The maximum absolute atomic E-state index is 12.1. The maximum atomic E-state index is 12.1. The third-order valence-corrected chi connectivity index (χ3v) is 3.36. The van der Waals surface area contributed by atoms with E-state index >= 15 is 0 Å². The van der Waals surface area contributed by atoms with Crippen molar-refractivity contribution in [2.75, 3.05) is 6.54 Å². The number of aromatic nitrogens is 2. The molecule has 0 spiro atoms. The fourth-order valence-electron chi connectivity index (χ4n) is 2.21. The van der Waals surface area contributed by atoms with Gasteiger partial charge in [-0.05, 0) is 6.42 Å². The van der Waals surface area contributed by atoms with Crippen molar-refractivity contribution in [1.29, 1.82) is 0 Å². The van der Waals surface area contributed by atoms with Crippen molar-refractivity contribution in [3.05, 3.63) is 18.2 Å². The standard InChI is InChI=1S/C13H18N6O4/c14-10(20)5-16-12(22)9(3-7-4-15-6-17-7)19-13(23)8-1-2-11(21)18-8/h4,6,8-9H,1-3,5H2,(H2,14,20)(H,15,17)(H,16,22)(H,18,21)(H,19,23)/t8-,9-/m0/s1. The number of carbonyl (C=O) groups is 4. The number of primary amides is 1. The first-order chi connectivity index (χ1) is 11.0. The Morgan fingerprint density at radius 1 is 1.43 bits per heavy atom. The molecule has 1 aliphatic heterocycles. The number of imidazole rings is 1. The van der Waals surface area contributed by atoms with Crippen LogP contribution in [0.1, 0.15) is 18.5 Å². The van der Waals surface area contributed by atoms with E-state index in [1.54, 1.807) is 0 Å². The van der Waals surface area contributed by atoms with E-state index in [-0.39, 0.29) is 25.3 Å². The van der Waals surface area contributed by atoms with Crippen molar-refractivity contribution in [2.24, 2.45) is 5.73 Å². The summed E-state index contributed by atoms with van der Waals surface area (Å²) in [5, 5.41) is 7.46. The lowest BCUT2D eigenvalue weighted by molar-refractivity contribution is -0.131. The molecule has 124 valence electrons. The Bertz CT molecular complexity index is 600. The lowest BCUT2D eigenvalue weighted by Gasteiger charge is -2.19. The first-order valence-electron chi connectivity index (χ1n) is 7.08. The molecule has 0 aliphatic carbocycles. The van der Waals surface area contributed by atoms with Crippen LogP contribution in [0.25, 0.3) is 0 Å². The van der Waals surface area contributed by atoms with Crippen molar-refractivity contribution < 1.29 is 19.2 Å². The van der Waals surface area contributed by atoms with Gasteiger partial charge in [-0.1, -0.05) is 0 Å². The van der Waals surface area contributed by atoms with E-state index in [4.69, 9.17) is 5.73 Å². The molecule has 2 atom stereocenters. The Labute approximate surface area is 131 Å². The van der Waals surface area contributed by atoms with Crippen LogP contribution in [0.5, 0.6) is 0 Å². The van der Waals surface area contributed by atoms with E-state index in [2.05, 4.69) is 25.9 Å². The van der Waals surface area contributed by atoms with Gasteiger partial charge in [0.2, 0.25) is 23.6 Å². The molecule has 1 aromatic rings. The highest BCUT2D eigenvalue weighted by atomic mass is 16.2. The van der Waals surface area contributed by atoms with E-state index in [1.165, 1.54) is 12.5 Å². The number of hydrogen-bond acceptors (Lipinski definition) is 5. The molecule has 4 amide bonds. The minimum absolute atomic E-state index is 0.164. The predicted octanol–water partition coefficient (Wildman–Crippen LogP) is -2.68. The molecular formula is C13H18N6O4. The molecule has 1 aliphatic rings. The SMILES string of the molecule is NC(=O)CNC(=O)[C@H](Cc1cnc[nH]1)NC(=O)[C@@H]1CCC(=O)N1. The van der Waals surface area contributed by atoms with Gasteiger partial charge in [0.15, 0.2) is 0 Å². The summed E-state index contributed by atoms with van der Waals surface area (Å²) in [5.74, 6) is -1.88. The lowest BCUT2D eigenvalue weighted by atomic mass is 10.1. The Morgan fingerprint density at radius 2 is 2.22 bits per heavy atom. The number of amides is 4. The second-order valence-electron chi connectivity index (χ2n) is 5.19. The lowest BCUT2D eigenvalue weighted by Crippen LogP contribution is -2.53. The fourth-order valence-corrected chi connectivity index (χ4v) is 2.21. The highest BCUT2D eigenvalue weighted by Gasteiger charge is 2.30. The number of carbonyl (C=O) groups excluding carboxylic acids is 4. The highest BCUT2D eigenvalue weighted by molar-refractivity contribution is 5.94. The summed E-state index contributed by atoms with van der Waals surface area (Å²) in [7, 11) is 0. The molecule has 0 unspecified atom stereocenters. The summed E-state index contributed by atoms with van der Waals surface area (Å²) >= 11 is 0. The molecular weight excluding hydrogens is 304 g/mol. The van der Waals surface area contributed by atoms with E-state index in [9.17, 15) is 19.2 Å². The van der Waals surface area contributed by atoms with Gasteiger partial charge in [0.05, 0.1) is 12.9 Å². The number of nitrogens with two attached hydrogens (primary N) is 1. The van der Waals surface area contributed by atoms with Crippen molar-refractivity contribution in [2.45, 2.75) is 31.3 Å². The quantitative estimate of drug-likeness (QED) is 0.369. The largest absolute Gasteiger partial charge is 0.368 e. The smallest absolute Gasteiger partial charge is 0.243 e. The van der Waals surface area contributed by atoms with E-state index < -0.39 is 29.8 Å². The molecule has 0 radical (unpaired) electrons. The number of aromatic amines is 1. The Kier molecular flexibility index (Phi) is 5.28. The van der Waals surface area contributed by atoms with Gasteiger partial charge in [0.1, 0.15) is 12.1 Å².